The summed E-state index contributed by atoms with van der Waals surface area (Å²) in [5.41, 5.74) is 0.599. The first-order chi connectivity index (χ1) is 13.7. The van der Waals surface area contributed by atoms with Crippen LogP contribution in [0.5, 0.6) is 0 Å². The van der Waals surface area contributed by atoms with Gasteiger partial charge in [0.15, 0.2) is 5.67 Å². The molecule has 0 radical (unpaired) electrons. The number of hydrogen-bond acceptors (Lipinski definition) is 4. The molecule has 3 aromatic rings. The molecule has 4 nitrogen and oxygen atoms in total. The van der Waals surface area contributed by atoms with Gasteiger partial charge in [0.2, 0.25) is 0 Å². The van der Waals surface area contributed by atoms with Crippen LogP contribution in [0.15, 0.2) is 73.3 Å². The van der Waals surface area contributed by atoms with Gasteiger partial charge >= 0.3 is 0 Å². The second kappa shape index (κ2) is 7.87. The number of aromatic nitrogens is 2. The van der Waals surface area contributed by atoms with Crippen LogP contribution < -0.4 is 0 Å². The molecule has 1 aliphatic heterocycles. The maximum Gasteiger partial charge on any atom is 0.183 e. The number of pyridine rings is 2. The zero-order valence-corrected chi connectivity index (χ0v) is 15.5. The van der Waals surface area contributed by atoms with Crippen molar-refractivity contribution < 1.29 is 4.39 Å². The fourth-order valence-electron chi connectivity index (χ4n) is 4.07. The zero-order chi connectivity index (χ0) is 19.4. The van der Waals surface area contributed by atoms with Crippen LogP contribution in [-0.4, -0.2) is 28.0 Å². The van der Waals surface area contributed by atoms with Crippen molar-refractivity contribution in [1.82, 2.24) is 14.9 Å². The van der Waals surface area contributed by atoms with Gasteiger partial charge in [-0.15, -0.1) is 0 Å². The first-order valence-electron chi connectivity index (χ1n) is 9.47. The fourth-order valence-corrected chi connectivity index (χ4v) is 4.07. The third kappa shape index (κ3) is 3.28. The number of nitrogens with zero attached hydrogens (tertiary/aromatic N) is 4. The summed E-state index contributed by atoms with van der Waals surface area (Å²) >= 11 is 0. The van der Waals surface area contributed by atoms with Crippen LogP contribution >= 0.6 is 0 Å². The Morgan fingerprint density at radius 1 is 0.929 bits per heavy atom. The molecule has 140 valence electrons. The van der Waals surface area contributed by atoms with Crippen molar-refractivity contribution in [3.05, 3.63) is 95.6 Å². The van der Waals surface area contributed by atoms with E-state index in [4.69, 9.17) is 5.26 Å². The van der Waals surface area contributed by atoms with E-state index in [9.17, 15) is 0 Å². The van der Waals surface area contributed by atoms with Gasteiger partial charge in [-0.1, -0.05) is 24.3 Å². The first kappa shape index (κ1) is 18.3. The maximum atomic E-state index is 17.3. The third-order valence-electron chi connectivity index (χ3n) is 5.40. The molecular formula is C23H21FN4. The van der Waals surface area contributed by atoms with Gasteiger partial charge in [0, 0.05) is 35.9 Å². The molecule has 1 saturated heterocycles. The summed E-state index contributed by atoms with van der Waals surface area (Å²) in [4.78, 5) is 10.6. The van der Waals surface area contributed by atoms with Crippen molar-refractivity contribution in [3.63, 3.8) is 0 Å². The topological polar surface area (TPSA) is 52.8 Å². The molecule has 1 aliphatic rings. The van der Waals surface area contributed by atoms with Crippen molar-refractivity contribution in [3.8, 4) is 6.07 Å². The summed E-state index contributed by atoms with van der Waals surface area (Å²) < 4.78 is 17.3. The van der Waals surface area contributed by atoms with Crippen LogP contribution in [0.1, 0.15) is 41.1 Å². The van der Waals surface area contributed by atoms with E-state index in [1.165, 1.54) is 0 Å². The number of alkyl halides is 1. The number of hydrogen-bond donors (Lipinski definition) is 0. The smallest absolute Gasteiger partial charge is 0.183 e. The van der Waals surface area contributed by atoms with E-state index in [1.807, 2.05) is 12.1 Å². The predicted octanol–water partition coefficient (Wildman–Crippen LogP) is 4.40. The molecule has 0 spiro atoms. The molecule has 1 unspecified atom stereocenters. The van der Waals surface area contributed by atoms with Gasteiger partial charge in [-0.25, -0.2) is 4.39 Å². The lowest BCUT2D eigenvalue weighted by atomic mass is 9.79. The largest absolute Gasteiger partial charge is 0.293 e. The third-order valence-corrected chi connectivity index (χ3v) is 5.40. The Labute approximate surface area is 164 Å². The Morgan fingerprint density at radius 2 is 1.50 bits per heavy atom. The van der Waals surface area contributed by atoms with Gasteiger partial charge in [-0.05, 0) is 55.8 Å². The standard InChI is InChI=1S/C23H21FN4/c24-23(20-5-3-11-26-16-20,21-6-4-12-27-17-21)22(28-13-1-2-14-28)19-9-7-18(15-25)8-10-19/h3-12,16-17,22H,1-2,13-14H2. The number of nitriles is 1. The number of rotatable bonds is 5. The van der Waals surface area contributed by atoms with Crippen molar-refractivity contribution in [1.29, 1.82) is 5.26 Å². The molecule has 0 aliphatic carbocycles. The molecule has 0 bridgehead atoms. The summed E-state index contributed by atoms with van der Waals surface area (Å²) in [6.45, 7) is 1.66. The van der Waals surface area contributed by atoms with E-state index >= 15 is 4.39 Å². The van der Waals surface area contributed by atoms with Crippen LogP contribution in [0.2, 0.25) is 0 Å². The van der Waals surface area contributed by atoms with Gasteiger partial charge in [0.25, 0.3) is 0 Å². The van der Waals surface area contributed by atoms with Crippen molar-refractivity contribution in [2.45, 2.75) is 24.6 Å². The van der Waals surface area contributed by atoms with E-state index in [2.05, 4.69) is 20.9 Å². The summed E-state index contributed by atoms with van der Waals surface area (Å²) in [5, 5.41) is 9.14. The Hall–Kier alpha value is -3.10. The molecule has 1 atom stereocenters. The van der Waals surface area contributed by atoms with Crippen LogP contribution in [0.3, 0.4) is 0 Å². The normalized spacial score (nSPS) is 15.9. The first-order valence-corrected chi connectivity index (χ1v) is 9.47. The average molecular weight is 372 g/mol. The minimum atomic E-state index is -1.82. The molecule has 4 rings (SSSR count). The maximum absolute atomic E-state index is 17.3. The Morgan fingerprint density at radius 3 is 1.96 bits per heavy atom. The van der Waals surface area contributed by atoms with Gasteiger partial charge in [0.1, 0.15) is 0 Å². The van der Waals surface area contributed by atoms with E-state index < -0.39 is 11.7 Å². The molecule has 5 heteroatoms. The molecule has 1 fully saturated rings. The highest BCUT2D eigenvalue weighted by molar-refractivity contribution is 5.41. The minimum absolute atomic E-state index is 0.504. The lowest BCUT2D eigenvalue weighted by molar-refractivity contribution is 0.0644. The summed E-state index contributed by atoms with van der Waals surface area (Å²) in [7, 11) is 0. The summed E-state index contributed by atoms with van der Waals surface area (Å²) in [5.74, 6) is 0. The second-order valence-electron chi connectivity index (χ2n) is 7.07. The van der Waals surface area contributed by atoms with Gasteiger partial charge in [-0.2, -0.15) is 5.26 Å². The molecule has 0 N–H and O–H groups in total. The minimum Gasteiger partial charge on any atom is -0.293 e. The summed E-state index contributed by atoms with van der Waals surface area (Å²) in [6, 6.07) is 15.9. The van der Waals surface area contributed by atoms with E-state index in [1.54, 1.807) is 61.2 Å². The molecule has 2 aromatic heterocycles. The molecular weight excluding hydrogens is 351 g/mol. The van der Waals surface area contributed by atoms with Gasteiger partial charge < -0.3 is 0 Å². The van der Waals surface area contributed by atoms with Crippen molar-refractivity contribution in [2.24, 2.45) is 0 Å². The molecule has 0 amide bonds. The van der Waals surface area contributed by atoms with Gasteiger partial charge in [-0.3, -0.25) is 14.9 Å². The number of benzene rings is 1. The lowest BCUT2D eigenvalue weighted by Crippen LogP contribution is -2.41. The second-order valence-corrected chi connectivity index (χ2v) is 7.07. The Balaban J connectivity index is 1.92. The van der Waals surface area contributed by atoms with E-state index in [0.717, 1.165) is 31.5 Å². The van der Waals surface area contributed by atoms with Crippen LogP contribution in [0.4, 0.5) is 4.39 Å². The van der Waals surface area contributed by atoms with E-state index in [-0.39, 0.29) is 0 Å². The van der Waals surface area contributed by atoms with Crippen LogP contribution in [0, 0.1) is 11.3 Å². The van der Waals surface area contributed by atoms with Crippen LogP contribution in [0.25, 0.3) is 0 Å². The molecule has 1 aromatic carbocycles. The van der Waals surface area contributed by atoms with E-state index in [0.29, 0.717) is 16.7 Å². The Kier molecular flexibility index (Phi) is 5.14. The van der Waals surface area contributed by atoms with Gasteiger partial charge in [0.05, 0.1) is 17.7 Å². The summed E-state index contributed by atoms with van der Waals surface area (Å²) in [6.07, 6.45) is 8.59. The zero-order valence-electron chi connectivity index (χ0n) is 15.5. The monoisotopic (exact) mass is 372 g/mol. The highest BCUT2D eigenvalue weighted by Crippen LogP contribution is 2.48. The fraction of sp³-hybridized carbons (Fsp3) is 0.261. The Bertz CT molecular complexity index is 906. The van der Waals surface area contributed by atoms with Crippen molar-refractivity contribution >= 4 is 0 Å². The molecule has 3 heterocycles. The molecule has 0 saturated carbocycles. The number of halogens is 1. The van der Waals surface area contributed by atoms with Crippen LogP contribution in [-0.2, 0) is 5.67 Å². The molecule has 28 heavy (non-hydrogen) atoms. The SMILES string of the molecule is N#Cc1ccc(C(N2CCCC2)C(F)(c2cccnc2)c2cccnc2)cc1. The lowest BCUT2D eigenvalue weighted by Gasteiger charge is -2.40. The highest BCUT2D eigenvalue weighted by Gasteiger charge is 2.47. The predicted molar refractivity (Wildman–Crippen MR) is 105 cm³/mol. The van der Waals surface area contributed by atoms with Crippen molar-refractivity contribution in [2.75, 3.05) is 13.1 Å². The highest BCUT2D eigenvalue weighted by atomic mass is 19.1. The average Bonchev–Trinajstić information content (AvgIpc) is 3.29. The quantitative estimate of drug-likeness (QED) is 0.666. The number of likely N-dealkylation sites (tertiary alicyclic amines) is 1.